The molecule has 5 atom stereocenters. The van der Waals surface area contributed by atoms with Crippen LogP contribution in [0.5, 0.6) is 0 Å². The van der Waals surface area contributed by atoms with E-state index in [1.54, 1.807) is 0 Å². The smallest absolute Gasteiger partial charge is 0.443 e. The van der Waals surface area contributed by atoms with E-state index in [0.29, 0.717) is 35.9 Å². The first-order valence-electron chi connectivity index (χ1n) is 14.3. The van der Waals surface area contributed by atoms with Gasteiger partial charge in [-0.15, -0.1) is 11.3 Å². The van der Waals surface area contributed by atoms with E-state index >= 15 is 4.39 Å². The van der Waals surface area contributed by atoms with E-state index in [2.05, 4.69) is 20.9 Å². The van der Waals surface area contributed by atoms with Crippen LogP contribution < -0.4 is 16.0 Å². The van der Waals surface area contributed by atoms with Gasteiger partial charge in [-0.05, 0) is 55.5 Å². The molecule has 3 unspecified atom stereocenters. The first-order chi connectivity index (χ1) is 21.7. The molecule has 46 heavy (non-hydrogen) atoms. The van der Waals surface area contributed by atoms with E-state index in [4.69, 9.17) is 11.6 Å². The van der Waals surface area contributed by atoms with Gasteiger partial charge < -0.3 is 21.1 Å². The lowest BCUT2D eigenvalue weighted by atomic mass is 9.88. The summed E-state index contributed by atoms with van der Waals surface area (Å²) < 4.78 is 82.9. The summed E-state index contributed by atoms with van der Waals surface area (Å²) >= 11 is 6.30. The summed E-state index contributed by atoms with van der Waals surface area (Å²) in [6, 6.07) is 7.57. The normalized spacial score (nSPS) is 22.3. The number of rotatable bonds is 9. The molecule has 1 aromatic heterocycles. The van der Waals surface area contributed by atoms with Gasteiger partial charge in [0.05, 0.1) is 17.4 Å². The number of fused-ring (bicyclic) bond motifs is 2. The summed E-state index contributed by atoms with van der Waals surface area (Å²) in [6.07, 6.45) is -4.88. The lowest BCUT2D eigenvalue weighted by Crippen LogP contribution is -2.57. The van der Waals surface area contributed by atoms with Crippen LogP contribution in [0.3, 0.4) is 0 Å². The SMILES string of the molecule is O=C(O)NC(C(=O)Nc1cccc(F)c1CC[C@H]1CN[C@@H]2CCCS(=O)(=O)N1C2)C(c1ccc(Cl)cc1)c1csc(C(F)(F)F)n1. The molecule has 2 amide bonds. The maximum absolute atomic E-state index is 15.2. The van der Waals surface area contributed by atoms with Crippen LogP contribution in [-0.4, -0.2) is 71.8 Å². The molecule has 17 heteroatoms. The van der Waals surface area contributed by atoms with Crippen LogP contribution in [0.4, 0.5) is 28.0 Å². The van der Waals surface area contributed by atoms with Crippen molar-refractivity contribution in [3.63, 3.8) is 0 Å². The van der Waals surface area contributed by atoms with Crippen molar-refractivity contribution in [3.8, 4) is 0 Å². The molecule has 0 saturated carbocycles. The molecule has 4 N–H and O–H groups in total. The van der Waals surface area contributed by atoms with Gasteiger partial charge in [0.25, 0.3) is 0 Å². The number of aromatic nitrogens is 1. The van der Waals surface area contributed by atoms with E-state index in [0.717, 1.165) is 11.8 Å². The Hall–Kier alpha value is -3.31. The fourth-order valence-electron chi connectivity index (χ4n) is 5.89. The molecule has 2 aromatic carbocycles. The molecule has 10 nitrogen and oxygen atoms in total. The average molecular weight is 704 g/mol. The van der Waals surface area contributed by atoms with Crippen molar-refractivity contribution in [2.24, 2.45) is 0 Å². The maximum atomic E-state index is 15.2. The van der Waals surface area contributed by atoms with Crippen LogP contribution in [0.2, 0.25) is 5.02 Å². The fraction of sp³-hybridized carbons (Fsp3) is 0.414. The topological polar surface area (TPSA) is 141 Å². The Morgan fingerprint density at radius 3 is 2.61 bits per heavy atom. The zero-order valence-electron chi connectivity index (χ0n) is 24.1. The second-order valence-electron chi connectivity index (χ2n) is 11.1. The Morgan fingerprint density at radius 2 is 1.93 bits per heavy atom. The quantitative estimate of drug-likeness (QED) is 0.229. The molecule has 248 valence electrons. The standard InChI is InChI=1S/C29H30ClF4N5O5S2/c30-17-8-6-16(7-9-17)24(23-15-45-27(37-23)29(32,33)34)25(38-28(41)42)26(40)36-22-5-1-4-21(31)20(22)11-10-19-13-35-18-3-2-12-46(43,44)39(19)14-18/h1,4-9,15,18-19,24-25,35,38H,2-3,10-14H2,(H,36,40)(H,41,42)/t18-,19+,24?,25?/m1/s1. The number of piperazine rings is 1. The lowest BCUT2D eigenvalue weighted by Gasteiger charge is -2.37. The Kier molecular flexibility index (Phi) is 10.2. The Morgan fingerprint density at radius 1 is 1.20 bits per heavy atom. The number of halogens is 5. The lowest BCUT2D eigenvalue weighted by molar-refractivity contribution is -0.137. The van der Waals surface area contributed by atoms with Crippen LogP contribution in [-0.2, 0) is 27.4 Å². The van der Waals surface area contributed by atoms with Gasteiger partial charge in [0.2, 0.25) is 15.9 Å². The van der Waals surface area contributed by atoms with Crippen molar-refractivity contribution in [3.05, 3.63) is 80.5 Å². The van der Waals surface area contributed by atoms with E-state index in [1.807, 2.05) is 0 Å². The number of amides is 2. The average Bonchev–Trinajstić information content (AvgIpc) is 3.44. The van der Waals surface area contributed by atoms with E-state index in [9.17, 15) is 36.3 Å². The van der Waals surface area contributed by atoms with E-state index in [-0.39, 0.29) is 47.1 Å². The van der Waals surface area contributed by atoms with Crippen molar-refractivity contribution >= 4 is 50.6 Å². The highest BCUT2D eigenvalue weighted by molar-refractivity contribution is 7.89. The van der Waals surface area contributed by atoms with Gasteiger partial charge in [0.15, 0.2) is 5.01 Å². The molecule has 2 aliphatic heterocycles. The van der Waals surface area contributed by atoms with E-state index in [1.165, 1.54) is 46.8 Å². The Bertz CT molecular complexity index is 1690. The number of carboxylic acid groups (broad SMARTS) is 1. The third-order valence-corrected chi connectivity index (χ3v) is 11.2. The number of anilines is 1. The van der Waals surface area contributed by atoms with Gasteiger partial charge in [-0.2, -0.15) is 17.5 Å². The molecule has 3 aromatic rings. The predicted molar refractivity (Wildman–Crippen MR) is 164 cm³/mol. The van der Waals surface area contributed by atoms with Crippen molar-refractivity contribution in [2.75, 3.05) is 24.2 Å². The van der Waals surface area contributed by atoms with Crippen molar-refractivity contribution in [1.82, 2.24) is 19.9 Å². The molecule has 2 aliphatic rings. The first kappa shape index (κ1) is 34.0. The molecule has 0 spiro atoms. The number of nitrogens with zero attached hydrogens (tertiary/aromatic N) is 2. The molecule has 2 saturated heterocycles. The van der Waals surface area contributed by atoms with Gasteiger partial charge >= 0.3 is 12.3 Å². The van der Waals surface area contributed by atoms with Gasteiger partial charge in [0, 0.05) is 46.8 Å². The number of sulfonamides is 1. The molecule has 5 rings (SSSR count). The number of benzene rings is 2. The second kappa shape index (κ2) is 13.8. The number of hydrogen-bond acceptors (Lipinski definition) is 7. The summed E-state index contributed by atoms with van der Waals surface area (Å²) in [5.41, 5.74) is 0.107. The minimum absolute atomic E-state index is 0.00618. The molecule has 0 radical (unpaired) electrons. The first-order valence-corrected chi connectivity index (χ1v) is 17.2. The van der Waals surface area contributed by atoms with E-state index < -0.39 is 57.0 Å². The third kappa shape index (κ3) is 7.79. The molecular weight excluding hydrogens is 674 g/mol. The van der Waals surface area contributed by atoms with Crippen LogP contribution in [0.25, 0.3) is 0 Å². The number of carbonyl (C=O) groups is 2. The molecular formula is C29H30ClF4N5O5S2. The summed E-state index contributed by atoms with van der Waals surface area (Å²) in [5, 5.41) is 17.9. The highest BCUT2D eigenvalue weighted by Gasteiger charge is 2.40. The predicted octanol–water partition coefficient (Wildman–Crippen LogP) is 5.06. The van der Waals surface area contributed by atoms with Crippen molar-refractivity contribution in [1.29, 1.82) is 0 Å². The molecule has 2 fully saturated rings. The maximum Gasteiger partial charge on any atom is 0.443 e. The highest BCUT2D eigenvalue weighted by atomic mass is 35.5. The Labute approximate surface area is 271 Å². The zero-order valence-corrected chi connectivity index (χ0v) is 26.4. The van der Waals surface area contributed by atoms with Crippen LogP contribution in [0.1, 0.15) is 47.0 Å². The second-order valence-corrected chi connectivity index (χ2v) is 14.4. The molecule has 2 bridgehead atoms. The third-order valence-electron chi connectivity index (χ3n) is 8.07. The number of hydrogen-bond donors (Lipinski definition) is 4. The zero-order chi connectivity index (χ0) is 33.2. The summed E-state index contributed by atoms with van der Waals surface area (Å²) in [7, 11) is -3.50. The Balaban J connectivity index is 1.44. The van der Waals surface area contributed by atoms with Crippen LogP contribution in [0.15, 0.2) is 47.8 Å². The van der Waals surface area contributed by atoms with Gasteiger partial charge in [0.1, 0.15) is 11.9 Å². The van der Waals surface area contributed by atoms with Crippen LogP contribution >= 0.6 is 22.9 Å². The van der Waals surface area contributed by atoms with Gasteiger partial charge in [-0.25, -0.2) is 22.6 Å². The van der Waals surface area contributed by atoms with Crippen molar-refractivity contribution in [2.45, 2.75) is 55.9 Å². The fourth-order valence-corrected chi connectivity index (χ4v) is 8.55. The largest absolute Gasteiger partial charge is 0.465 e. The van der Waals surface area contributed by atoms with Gasteiger partial charge in [-0.1, -0.05) is 29.8 Å². The number of nitrogens with one attached hydrogen (secondary N) is 3. The number of thiazole rings is 1. The molecule has 0 aliphatic carbocycles. The van der Waals surface area contributed by atoms with Crippen molar-refractivity contribution < 1.29 is 40.7 Å². The highest BCUT2D eigenvalue weighted by Crippen LogP contribution is 2.37. The number of carbonyl (C=O) groups excluding carboxylic acids is 1. The summed E-state index contributed by atoms with van der Waals surface area (Å²) in [4.78, 5) is 29.4. The minimum Gasteiger partial charge on any atom is -0.465 e. The number of alkyl halides is 3. The van der Waals surface area contributed by atoms with Crippen LogP contribution in [0, 0.1) is 5.82 Å². The van der Waals surface area contributed by atoms with Gasteiger partial charge in [-0.3, -0.25) is 4.79 Å². The summed E-state index contributed by atoms with van der Waals surface area (Å²) in [6.45, 7) is 0.691. The summed E-state index contributed by atoms with van der Waals surface area (Å²) in [5.74, 6) is -2.96. The monoisotopic (exact) mass is 703 g/mol. The molecule has 3 heterocycles. The minimum atomic E-state index is -4.77.